The first kappa shape index (κ1) is 43.2. The molecule has 0 aliphatic carbocycles. The molecule has 4 aromatic rings. The second-order valence-corrected chi connectivity index (χ2v) is 15.4. The van der Waals surface area contributed by atoms with Gasteiger partial charge in [0, 0.05) is 13.1 Å². The molecule has 2 saturated heterocycles. The first-order valence-electron chi connectivity index (χ1n) is 19.0. The summed E-state index contributed by atoms with van der Waals surface area (Å²) in [6, 6.07) is 25.0. The maximum atomic E-state index is 13.7. The molecule has 16 heteroatoms. The maximum absolute atomic E-state index is 13.7. The van der Waals surface area contributed by atoms with Crippen molar-refractivity contribution < 1.29 is 43.5 Å². The Morgan fingerprint density at radius 3 is 1.50 bits per heavy atom. The van der Waals surface area contributed by atoms with Crippen LogP contribution in [0.15, 0.2) is 105 Å². The van der Waals surface area contributed by atoms with Gasteiger partial charge in [-0.15, -0.1) is 0 Å². The van der Waals surface area contributed by atoms with Crippen LogP contribution >= 0.6 is 23.5 Å². The van der Waals surface area contributed by atoms with Gasteiger partial charge in [0.15, 0.2) is 33.3 Å². The molecule has 14 nitrogen and oxygen atoms in total. The lowest BCUT2D eigenvalue weighted by atomic mass is 10.1. The number of para-hydroxylation sites is 2. The molecule has 3 N–H and O–H groups in total. The van der Waals surface area contributed by atoms with Crippen molar-refractivity contribution in [1.29, 1.82) is 0 Å². The Labute approximate surface area is 356 Å². The van der Waals surface area contributed by atoms with Gasteiger partial charge in [0.2, 0.25) is 17.4 Å². The van der Waals surface area contributed by atoms with E-state index < -0.39 is 0 Å². The molecule has 6 rings (SSSR count). The summed E-state index contributed by atoms with van der Waals surface area (Å²) in [6.07, 6.45) is 6.36. The third-order valence-electron chi connectivity index (χ3n) is 9.27. The number of amidine groups is 2. The molecule has 3 amide bonds. The number of methoxy groups -OCH3 is 4. The second kappa shape index (κ2) is 20.5. The molecular formula is C44H45N5O9S2. The van der Waals surface area contributed by atoms with Crippen LogP contribution in [0, 0.1) is 0 Å². The molecule has 2 aliphatic rings. The number of phenols is 2. The maximum Gasteiger partial charge on any atom is 0.267 e. The van der Waals surface area contributed by atoms with Gasteiger partial charge in [0.05, 0.1) is 49.6 Å². The normalized spacial score (nSPS) is 16.7. The molecule has 2 fully saturated rings. The van der Waals surface area contributed by atoms with E-state index in [0.29, 0.717) is 62.9 Å². The zero-order valence-electron chi connectivity index (χ0n) is 33.5. The first-order valence-corrected chi connectivity index (χ1v) is 20.6. The summed E-state index contributed by atoms with van der Waals surface area (Å²) in [5.41, 5.74) is 2.54. The Morgan fingerprint density at radius 2 is 1.05 bits per heavy atom. The third kappa shape index (κ3) is 10.6. The zero-order valence-corrected chi connectivity index (χ0v) is 35.2. The molecule has 0 saturated carbocycles. The van der Waals surface area contributed by atoms with Crippen molar-refractivity contribution >= 4 is 75.1 Å². The lowest BCUT2D eigenvalue weighted by Gasteiger charge is -2.16. The van der Waals surface area contributed by atoms with Crippen LogP contribution in [-0.4, -0.2) is 96.1 Å². The average molecular weight is 852 g/mol. The summed E-state index contributed by atoms with van der Waals surface area (Å²) in [7, 11) is 5.74. The van der Waals surface area contributed by atoms with Gasteiger partial charge in [0.1, 0.15) is 6.54 Å². The number of carbonyl (C=O) groups excluding carboxylic acids is 3. The predicted octanol–water partition coefficient (Wildman–Crippen LogP) is 7.72. The SMILES string of the molecule is COc1cc(/C=C2\S/C(=N\c3ccccc3)N(CCCCCCNC(=O)CN3C(=O)/C(=C/c4cc(OC)c(O)c(OC)c4)S/C3=N\c3ccccc3)C2=O)cc(OC)c1O. The highest BCUT2D eigenvalue weighted by Crippen LogP contribution is 2.41. The molecule has 0 spiro atoms. The number of benzene rings is 4. The van der Waals surface area contributed by atoms with Crippen molar-refractivity contribution in [3.8, 4) is 34.5 Å². The third-order valence-corrected chi connectivity index (χ3v) is 11.3. The van der Waals surface area contributed by atoms with Crippen LogP contribution in [0.4, 0.5) is 11.4 Å². The first-order chi connectivity index (χ1) is 29.1. The van der Waals surface area contributed by atoms with Crippen LogP contribution in [0.1, 0.15) is 36.8 Å². The minimum atomic E-state index is -0.388. The number of aliphatic imine (C=N–C) groups is 2. The molecule has 0 atom stereocenters. The highest BCUT2D eigenvalue weighted by molar-refractivity contribution is 8.19. The van der Waals surface area contributed by atoms with Gasteiger partial charge in [-0.25, -0.2) is 9.98 Å². The van der Waals surface area contributed by atoms with Gasteiger partial charge >= 0.3 is 0 Å². The monoisotopic (exact) mass is 851 g/mol. The van der Waals surface area contributed by atoms with E-state index in [9.17, 15) is 24.6 Å². The number of unbranched alkanes of at least 4 members (excludes halogenated alkanes) is 3. The van der Waals surface area contributed by atoms with E-state index >= 15 is 0 Å². The van der Waals surface area contributed by atoms with E-state index in [0.717, 1.165) is 30.3 Å². The number of thioether (sulfide) groups is 2. The Morgan fingerprint density at radius 1 is 0.633 bits per heavy atom. The minimum Gasteiger partial charge on any atom is -0.502 e. The van der Waals surface area contributed by atoms with Crippen molar-refractivity contribution in [2.24, 2.45) is 9.98 Å². The smallest absolute Gasteiger partial charge is 0.267 e. The van der Waals surface area contributed by atoms with Crippen LogP contribution in [0.3, 0.4) is 0 Å². The van der Waals surface area contributed by atoms with Crippen LogP contribution < -0.4 is 24.3 Å². The molecule has 0 unspecified atom stereocenters. The van der Waals surface area contributed by atoms with Gasteiger partial charge in [-0.05, 0) is 108 Å². The number of amides is 3. The Balaban J connectivity index is 1.05. The quantitative estimate of drug-likeness (QED) is 0.0702. The Bertz CT molecular complexity index is 2280. The number of rotatable bonds is 17. The fourth-order valence-electron chi connectivity index (χ4n) is 6.22. The second-order valence-electron chi connectivity index (χ2n) is 13.3. The highest BCUT2D eigenvalue weighted by Gasteiger charge is 2.35. The number of ether oxygens (including phenoxy) is 4. The van der Waals surface area contributed by atoms with Crippen molar-refractivity contribution in [3.05, 3.63) is 106 Å². The summed E-state index contributed by atoms with van der Waals surface area (Å²) in [6.45, 7) is 0.622. The lowest BCUT2D eigenvalue weighted by molar-refractivity contribution is -0.128. The average Bonchev–Trinajstić information content (AvgIpc) is 3.70. The summed E-state index contributed by atoms with van der Waals surface area (Å²) in [4.78, 5) is 53.9. The Hall–Kier alpha value is -6.39. The summed E-state index contributed by atoms with van der Waals surface area (Å²) in [5.74, 6) is -0.349. The van der Waals surface area contributed by atoms with E-state index in [1.807, 2.05) is 60.7 Å². The fourth-order valence-corrected chi connectivity index (χ4v) is 8.24. The van der Waals surface area contributed by atoms with E-state index in [2.05, 4.69) is 10.3 Å². The van der Waals surface area contributed by atoms with E-state index in [1.54, 1.807) is 41.3 Å². The van der Waals surface area contributed by atoms with Crippen molar-refractivity contribution in [2.75, 3.05) is 48.1 Å². The highest BCUT2D eigenvalue weighted by atomic mass is 32.2. The van der Waals surface area contributed by atoms with Gasteiger partial charge < -0.3 is 34.5 Å². The van der Waals surface area contributed by atoms with E-state index in [-0.39, 0.29) is 58.8 Å². The van der Waals surface area contributed by atoms with Crippen molar-refractivity contribution in [1.82, 2.24) is 15.1 Å². The predicted molar refractivity (Wildman–Crippen MR) is 236 cm³/mol. The zero-order chi connectivity index (χ0) is 42.6. The van der Waals surface area contributed by atoms with Gasteiger partial charge in [0.25, 0.3) is 11.8 Å². The van der Waals surface area contributed by atoms with E-state index in [1.165, 1.54) is 45.1 Å². The summed E-state index contributed by atoms with van der Waals surface area (Å²) < 4.78 is 21.1. The van der Waals surface area contributed by atoms with Crippen molar-refractivity contribution in [3.63, 3.8) is 0 Å². The molecule has 2 heterocycles. The molecule has 0 radical (unpaired) electrons. The molecule has 4 aromatic carbocycles. The van der Waals surface area contributed by atoms with Crippen LogP contribution in [0.25, 0.3) is 12.2 Å². The van der Waals surface area contributed by atoms with Gasteiger partial charge in [-0.1, -0.05) is 49.2 Å². The summed E-state index contributed by atoms with van der Waals surface area (Å²) >= 11 is 2.42. The molecular weight excluding hydrogens is 807 g/mol. The fraction of sp³-hybridized carbons (Fsp3) is 0.250. The Kier molecular flexibility index (Phi) is 14.8. The molecule has 60 heavy (non-hydrogen) atoms. The number of carbonyl (C=O) groups is 3. The standard InChI is InChI=1S/C44H45N5O9S2/c1-55-32-21-28(22-33(56-2)39(32)51)25-36-41(53)48(43(59-36)46-30-15-9-7-10-16-30)20-14-6-5-13-19-45-38(50)27-49-42(54)37(60-44(49)47-31-17-11-8-12-18-31)26-29-23-34(57-3)40(52)35(24-29)58-4/h7-12,15-18,21-26,51-52H,5-6,13-14,19-20,27H2,1-4H3,(H,45,50)/b36-25-,37-26-,46-43-,47-44-. The van der Waals surface area contributed by atoms with Crippen LogP contribution in [0.2, 0.25) is 0 Å². The number of nitrogens with zero attached hydrogens (tertiary/aromatic N) is 4. The van der Waals surface area contributed by atoms with Gasteiger partial charge in [-0.3, -0.25) is 24.2 Å². The summed E-state index contributed by atoms with van der Waals surface area (Å²) in [5, 5.41) is 24.6. The number of phenolic OH excluding ortho intramolecular Hbond substituents is 2. The molecule has 0 bridgehead atoms. The topological polar surface area (TPSA) is 172 Å². The van der Waals surface area contributed by atoms with Crippen LogP contribution in [-0.2, 0) is 14.4 Å². The van der Waals surface area contributed by atoms with Crippen molar-refractivity contribution in [2.45, 2.75) is 25.7 Å². The molecule has 0 aromatic heterocycles. The molecule has 312 valence electrons. The number of hydrogen-bond donors (Lipinski definition) is 3. The number of hydrogen-bond acceptors (Lipinski definition) is 13. The number of aromatic hydroxyl groups is 2. The number of nitrogens with one attached hydrogen (secondary N) is 1. The van der Waals surface area contributed by atoms with E-state index in [4.69, 9.17) is 23.9 Å². The molecule has 2 aliphatic heterocycles. The minimum absolute atomic E-state index is 0.124. The van der Waals surface area contributed by atoms with Gasteiger partial charge in [-0.2, -0.15) is 0 Å². The lowest BCUT2D eigenvalue weighted by Crippen LogP contribution is -2.40. The largest absolute Gasteiger partial charge is 0.502 e. The van der Waals surface area contributed by atoms with Crippen LogP contribution in [0.5, 0.6) is 34.5 Å².